The van der Waals surface area contributed by atoms with Crippen molar-refractivity contribution in [3.63, 3.8) is 0 Å². The molecular formula is C10H12N2O2S. The summed E-state index contributed by atoms with van der Waals surface area (Å²) < 4.78 is 4.55. The number of esters is 1. The van der Waals surface area contributed by atoms with Crippen molar-refractivity contribution in [2.45, 2.75) is 6.42 Å². The number of nitrogens with one attached hydrogen (secondary N) is 1. The zero-order chi connectivity index (χ0) is 11.3. The molecule has 0 radical (unpaired) electrons. The van der Waals surface area contributed by atoms with Crippen LogP contribution in [0, 0.1) is 0 Å². The lowest BCUT2D eigenvalue weighted by molar-refractivity contribution is -0.139. The summed E-state index contributed by atoms with van der Waals surface area (Å²) in [5.41, 5.74) is 7.00. The fourth-order valence-corrected chi connectivity index (χ4v) is 1.20. The van der Waals surface area contributed by atoms with Gasteiger partial charge < -0.3 is 15.8 Å². The SMILES string of the molecule is COC(=O)Cc1ccc(NC(N)=S)cc1. The van der Waals surface area contributed by atoms with Crippen molar-refractivity contribution in [1.82, 2.24) is 0 Å². The van der Waals surface area contributed by atoms with Gasteiger partial charge in [0.05, 0.1) is 13.5 Å². The third kappa shape index (κ3) is 3.95. The van der Waals surface area contributed by atoms with Crippen LogP contribution < -0.4 is 11.1 Å². The van der Waals surface area contributed by atoms with Crippen LogP contribution in [0.5, 0.6) is 0 Å². The summed E-state index contributed by atoms with van der Waals surface area (Å²) in [4.78, 5) is 11.0. The van der Waals surface area contributed by atoms with Gasteiger partial charge in [-0.2, -0.15) is 0 Å². The van der Waals surface area contributed by atoms with Crippen molar-refractivity contribution in [3.05, 3.63) is 29.8 Å². The molecule has 0 unspecified atom stereocenters. The summed E-state index contributed by atoms with van der Waals surface area (Å²) >= 11 is 4.69. The van der Waals surface area contributed by atoms with Gasteiger partial charge in [0.1, 0.15) is 0 Å². The van der Waals surface area contributed by atoms with Crippen LogP contribution in [0.15, 0.2) is 24.3 Å². The summed E-state index contributed by atoms with van der Waals surface area (Å²) in [5, 5.41) is 3.01. The lowest BCUT2D eigenvalue weighted by Crippen LogP contribution is -2.18. The Kier molecular flexibility index (Phi) is 4.05. The van der Waals surface area contributed by atoms with Crippen molar-refractivity contribution in [3.8, 4) is 0 Å². The highest BCUT2D eigenvalue weighted by molar-refractivity contribution is 7.80. The number of nitrogens with two attached hydrogens (primary N) is 1. The van der Waals surface area contributed by atoms with Gasteiger partial charge in [-0.15, -0.1) is 0 Å². The first-order valence-electron chi connectivity index (χ1n) is 4.34. The van der Waals surface area contributed by atoms with E-state index in [4.69, 9.17) is 18.0 Å². The predicted molar refractivity (Wildman–Crippen MR) is 62.6 cm³/mol. The quantitative estimate of drug-likeness (QED) is 0.593. The second-order valence-electron chi connectivity index (χ2n) is 2.94. The van der Waals surface area contributed by atoms with Gasteiger partial charge in [-0.05, 0) is 29.9 Å². The molecule has 0 heterocycles. The van der Waals surface area contributed by atoms with Crippen molar-refractivity contribution < 1.29 is 9.53 Å². The molecule has 15 heavy (non-hydrogen) atoms. The van der Waals surface area contributed by atoms with E-state index in [9.17, 15) is 4.79 Å². The first kappa shape index (κ1) is 11.5. The normalized spacial score (nSPS) is 9.40. The smallest absolute Gasteiger partial charge is 0.309 e. The minimum absolute atomic E-state index is 0.218. The molecule has 0 atom stereocenters. The Morgan fingerprint density at radius 2 is 2.07 bits per heavy atom. The molecule has 0 amide bonds. The number of rotatable bonds is 3. The van der Waals surface area contributed by atoms with E-state index in [2.05, 4.69) is 10.1 Å². The Labute approximate surface area is 93.4 Å². The maximum atomic E-state index is 11.0. The Balaban J connectivity index is 2.64. The summed E-state index contributed by atoms with van der Waals surface area (Å²) in [6, 6.07) is 7.24. The van der Waals surface area contributed by atoms with E-state index in [1.165, 1.54) is 7.11 Å². The molecule has 80 valence electrons. The van der Waals surface area contributed by atoms with E-state index in [1.54, 1.807) is 12.1 Å². The number of methoxy groups -OCH3 is 1. The average Bonchev–Trinajstić information content (AvgIpc) is 2.20. The maximum Gasteiger partial charge on any atom is 0.309 e. The standard InChI is InChI=1S/C10H12N2O2S/c1-14-9(13)6-7-2-4-8(5-3-7)12-10(11)15/h2-5H,6H2,1H3,(H3,11,12,15). The van der Waals surface area contributed by atoms with Crippen LogP contribution in [0.4, 0.5) is 5.69 Å². The van der Waals surface area contributed by atoms with E-state index < -0.39 is 0 Å². The number of carbonyl (C=O) groups is 1. The molecule has 1 rings (SSSR count). The zero-order valence-electron chi connectivity index (χ0n) is 8.32. The van der Waals surface area contributed by atoms with Gasteiger partial charge in [-0.25, -0.2) is 0 Å². The second kappa shape index (κ2) is 5.31. The number of carbonyl (C=O) groups excluding carboxylic acids is 1. The van der Waals surface area contributed by atoms with Crippen LogP contribution in [0.25, 0.3) is 0 Å². The van der Waals surface area contributed by atoms with Gasteiger partial charge in [0.25, 0.3) is 0 Å². The second-order valence-corrected chi connectivity index (χ2v) is 3.38. The van der Waals surface area contributed by atoms with E-state index in [1.807, 2.05) is 12.1 Å². The fourth-order valence-electron chi connectivity index (χ4n) is 1.09. The summed E-state index contributed by atoms with van der Waals surface area (Å²) in [7, 11) is 1.37. The monoisotopic (exact) mass is 224 g/mol. The van der Waals surface area contributed by atoms with Gasteiger partial charge in [-0.3, -0.25) is 4.79 Å². The number of anilines is 1. The summed E-state index contributed by atoms with van der Waals surface area (Å²) in [6.45, 7) is 0. The number of ether oxygens (including phenoxy) is 1. The number of hydrogen-bond donors (Lipinski definition) is 2. The molecule has 1 aromatic rings. The lowest BCUT2D eigenvalue weighted by atomic mass is 10.1. The Morgan fingerprint density at radius 1 is 1.47 bits per heavy atom. The van der Waals surface area contributed by atoms with Crippen molar-refractivity contribution in [2.75, 3.05) is 12.4 Å². The summed E-state index contributed by atoms with van der Waals surface area (Å²) in [5.74, 6) is -0.259. The molecule has 0 aromatic heterocycles. The molecule has 3 N–H and O–H groups in total. The van der Waals surface area contributed by atoms with Crippen LogP contribution in [-0.2, 0) is 16.0 Å². The predicted octanol–water partition coefficient (Wildman–Crippen LogP) is 1.06. The Bertz CT molecular complexity index is 362. The summed E-state index contributed by atoms with van der Waals surface area (Å²) in [6.07, 6.45) is 0.268. The van der Waals surface area contributed by atoms with Crippen molar-refractivity contribution in [2.24, 2.45) is 5.73 Å². The third-order valence-electron chi connectivity index (χ3n) is 1.80. The molecule has 0 spiro atoms. The first-order chi connectivity index (χ1) is 7.11. The van der Waals surface area contributed by atoms with E-state index in [-0.39, 0.29) is 17.5 Å². The van der Waals surface area contributed by atoms with Crippen LogP contribution in [0.3, 0.4) is 0 Å². The highest BCUT2D eigenvalue weighted by Gasteiger charge is 2.02. The topological polar surface area (TPSA) is 64.3 Å². The van der Waals surface area contributed by atoms with Gasteiger partial charge in [0, 0.05) is 5.69 Å². The van der Waals surface area contributed by atoms with E-state index in [0.717, 1.165) is 11.3 Å². The van der Waals surface area contributed by atoms with Crippen LogP contribution in [0.1, 0.15) is 5.56 Å². The highest BCUT2D eigenvalue weighted by atomic mass is 32.1. The van der Waals surface area contributed by atoms with Gasteiger partial charge in [0.2, 0.25) is 0 Å². The Hall–Kier alpha value is -1.62. The minimum atomic E-state index is -0.259. The fraction of sp³-hybridized carbons (Fsp3) is 0.200. The van der Waals surface area contributed by atoms with Crippen LogP contribution in [0.2, 0.25) is 0 Å². The average molecular weight is 224 g/mol. The number of thiocarbonyl (C=S) groups is 1. The third-order valence-corrected chi connectivity index (χ3v) is 1.90. The number of hydrogen-bond acceptors (Lipinski definition) is 3. The van der Waals surface area contributed by atoms with Crippen molar-refractivity contribution >= 4 is 29.0 Å². The number of benzene rings is 1. The van der Waals surface area contributed by atoms with Gasteiger partial charge in [0.15, 0.2) is 5.11 Å². The molecule has 0 saturated carbocycles. The molecule has 0 saturated heterocycles. The molecular weight excluding hydrogens is 212 g/mol. The highest BCUT2D eigenvalue weighted by Crippen LogP contribution is 2.09. The molecule has 0 aliphatic heterocycles. The Morgan fingerprint density at radius 3 is 2.53 bits per heavy atom. The molecule has 0 aliphatic rings. The molecule has 5 heteroatoms. The minimum Gasteiger partial charge on any atom is -0.469 e. The first-order valence-corrected chi connectivity index (χ1v) is 4.75. The largest absolute Gasteiger partial charge is 0.469 e. The van der Waals surface area contributed by atoms with E-state index >= 15 is 0 Å². The molecule has 0 bridgehead atoms. The van der Waals surface area contributed by atoms with E-state index in [0.29, 0.717) is 0 Å². The van der Waals surface area contributed by atoms with Crippen molar-refractivity contribution in [1.29, 1.82) is 0 Å². The molecule has 0 aliphatic carbocycles. The maximum absolute atomic E-state index is 11.0. The van der Waals surface area contributed by atoms with Crippen LogP contribution >= 0.6 is 12.2 Å². The molecule has 1 aromatic carbocycles. The molecule has 4 nitrogen and oxygen atoms in total. The van der Waals surface area contributed by atoms with Gasteiger partial charge >= 0.3 is 5.97 Å². The zero-order valence-corrected chi connectivity index (χ0v) is 9.14. The van der Waals surface area contributed by atoms with Gasteiger partial charge in [-0.1, -0.05) is 12.1 Å². The van der Waals surface area contributed by atoms with Crippen LogP contribution in [-0.4, -0.2) is 18.2 Å². The lowest BCUT2D eigenvalue weighted by Gasteiger charge is -2.04. The molecule has 0 fully saturated rings.